The molecule has 1 amide bonds. The summed E-state index contributed by atoms with van der Waals surface area (Å²) in [5, 5.41) is 7.56. The molecular formula is C20H25N3O3. The summed E-state index contributed by atoms with van der Waals surface area (Å²) in [4.78, 5) is 23.5. The van der Waals surface area contributed by atoms with E-state index >= 15 is 0 Å². The summed E-state index contributed by atoms with van der Waals surface area (Å²) in [6.45, 7) is 4.69. The predicted molar refractivity (Wildman–Crippen MR) is 98.4 cm³/mol. The molecule has 0 radical (unpaired) electrons. The molecule has 1 aromatic carbocycles. The molecule has 0 bridgehead atoms. The molecule has 1 heterocycles. The van der Waals surface area contributed by atoms with Gasteiger partial charge in [0.25, 0.3) is 5.91 Å². The van der Waals surface area contributed by atoms with Crippen molar-refractivity contribution in [2.75, 3.05) is 13.7 Å². The molecule has 0 atom stereocenters. The van der Waals surface area contributed by atoms with E-state index in [9.17, 15) is 9.59 Å². The van der Waals surface area contributed by atoms with Gasteiger partial charge in [-0.25, -0.2) is 4.68 Å². The molecule has 1 aromatic heterocycles. The standard InChI is InChI=1S/C20H25N3O3/c1-13-18(10-11-19(24)26-3)14(2)23(22-13)17-8-6-16(7-9-17)20(25)21-12-15-4-5-15/h6-9,15H,4-5,10-12H2,1-3H3,(H,21,25). The Hall–Kier alpha value is -2.63. The number of amides is 1. The average molecular weight is 355 g/mol. The van der Waals surface area contributed by atoms with Crippen LogP contribution in [0.15, 0.2) is 24.3 Å². The van der Waals surface area contributed by atoms with E-state index in [0.717, 1.165) is 29.2 Å². The number of nitrogens with zero attached hydrogens (tertiary/aromatic N) is 2. The van der Waals surface area contributed by atoms with E-state index in [4.69, 9.17) is 4.74 Å². The lowest BCUT2D eigenvalue weighted by molar-refractivity contribution is -0.140. The topological polar surface area (TPSA) is 73.2 Å². The lowest BCUT2D eigenvalue weighted by atomic mass is 10.1. The van der Waals surface area contributed by atoms with E-state index in [1.54, 1.807) is 0 Å². The van der Waals surface area contributed by atoms with Gasteiger partial charge in [-0.3, -0.25) is 9.59 Å². The second kappa shape index (κ2) is 7.72. The number of esters is 1. The van der Waals surface area contributed by atoms with Crippen LogP contribution in [0.4, 0.5) is 0 Å². The van der Waals surface area contributed by atoms with Gasteiger partial charge in [-0.05, 0) is 68.9 Å². The van der Waals surface area contributed by atoms with Crippen molar-refractivity contribution in [1.29, 1.82) is 0 Å². The molecule has 0 aliphatic heterocycles. The van der Waals surface area contributed by atoms with Gasteiger partial charge in [-0.2, -0.15) is 5.10 Å². The number of aryl methyl sites for hydroxylation is 1. The van der Waals surface area contributed by atoms with Crippen LogP contribution in [-0.4, -0.2) is 35.3 Å². The molecule has 1 N–H and O–H groups in total. The molecule has 0 saturated heterocycles. The zero-order valence-electron chi connectivity index (χ0n) is 15.5. The van der Waals surface area contributed by atoms with Gasteiger partial charge in [0.05, 0.1) is 18.5 Å². The molecule has 1 saturated carbocycles. The number of methoxy groups -OCH3 is 1. The number of hydrogen-bond donors (Lipinski definition) is 1. The summed E-state index contributed by atoms with van der Waals surface area (Å²) < 4.78 is 6.57. The third kappa shape index (κ3) is 4.12. The van der Waals surface area contributed by atoms with Crippen molar-refractivity contribution in [2.24, 2.45) is 5.92 Å². The van der Waals surface area contributed by atoms with Crippen LogP contribution in [0.25, 0.3) is 5.69 Å². The van der Waals surface area contributed by atoms with Gasteiger partial charge in [-0.1, -0.05) is 0 Å². The van der Waals surface area contributed by atoms with Crippen LogP contribution in [0.5, 0.6) is 0 Å². The molecular weight excluding hydrogens is 330 g/mol. The fourth-order valence-corrected chi connectivity index (χ4v) is 3.03. The minimum atomic E-state index is -0.224. The van der Waals surface area contributed by atoms with E-state index < -0.39 is 0 Å². The lowest BCUT2D eigenvalue weighted by Gasteiger charge is -2.08. The van der Waals surface area contributed by atoms with Crippen LogP contribution in [0, 0.1) is 19.8 Å². The Kier molecular flexibility index (Phi) is 5.40. The summed E-state index contributed by atoms with van der Waals surface area (Å²) in [5.41, 5.74) is 4.51. The number of benzene rings is 1. The van der Waals surface area contributed by atoms with Gasteiger partial charge in [0.15, 0.2) is 0 Å². The number of carbonyl (C=O) groups excluding carboxylic acids is 2. The van der Waals surface area contributed by atoms with Gasteiger partial charge in [-0.15, -0.1) is 0 Å². The summed E-state index contributed by atoms with van der Waals surface area (Å²) in [7, 11) is 1.40. The molecule has 138 valence electrons. The predicted octanol–water partition coefficient (Wildman–Crippen LogP) is 2.73. The van der Waals surface area contributed by atoms with Crippen LogP contribution in [0.1, 0.15) is 46.6 Å². The molecule has 1 aliphatic carbocycles. The SMILES string of the molecule is COC(=O)CCc1c(C)nn(-c2ccc(C(=O)NCC3CC3)cc2)c1C. The highest BCUT2D eigenvalue weighted by Crippen LogP contribution is 2.27. The van der Waals surface area contributed by atoms with Crippen LogP contribution in [0.2, 0.25) is 0 Å². The maximum absolute atomic E-state index is 12.2. The normalized spacial score (nSPS) is 13.5. The molecule has 2 aromatic rings. The van der Waals surface area contributed by atoms with Gasteiger partial charge >= 0.3 is 5.97 Å². The maximum Gasteiger partial charge on any atom is 0.305 e. The molecule has 0 unspecified atom stereocenters. The van der Waals surface area contributed by atoms with E-state index in [2.05, 4.69) is 10.4 Å². The van der Waals surface area contributed by atoms with Crippen molar-refractivity contribution in [3.8, 4) is 5.69 Å². The molecule has 1 fully saturated rings. The van der Waals surface area contributed by atoms with Gasteiger partial charge < -0.3 is 10.1 Å². The number of carbonyl (C=O) groups is 2. The number of rotatable bonds is 7. The molecule has 26 heavy (non-hydrogen) atoms. The Bertz CT molecular complexity index is 804. The van der Waals surface area contributed by atoms with E-state index in [0.29, 0.717) is 24.3 Å². The first kappa shape index (κ1) is 18.2. The Labute approximate surface area is 153 Å². The van der Waals surface area contributed by atoms with Crippen molar-refractivity contribution in [1.82, 2.24) is 15.1 Å². The quantitative estimate of drug-likeness (QED) is 0.775. The molecule has 6 heteroatoms. The third-order valence-electron chi connectivity index (χ3n) is 4.87. The van der Waals surface area contributed by atoms with Crippen molar-refractivity contribution in [3.63, 3.8) is 0 Å². The number of hydrogen-bond acceptors (Lipinski definition) is 4. The highest BCUT2D eigenvalue weighted by Gasteiger charge is 2.22. The van der Waals surface area contributed by atoms with Crippen LogP contribution in [0.3, 0.4) is 0 Å². The van der Waals surface area contributed by atoms with Crippen molar-refractivity contribution in [3.05, 3.63) is 46.8 Å². The first-order valence-electron chi connectivity index (χ1n) is 9.00. The van der Waals surface area contributed by atoms with Crippen LogP contribution < -0.4 is 5.32 Å². The largest absolute Gasteiger partial charge is 0.469 e. The summed E-state index contributed by atoms with van der Waals surface area (Å²) in [6, 6.07) is 7.44. The van der Waals surface area contributed by atoms with Gasteiger partial charge in [0.2, 0.25) is 0 Å². The number of ether oxygens (including phenoxy) is 1. The second-order valence-corrected chi connectivity index (χ2v) is 6.84. The fourth-order valence-electron chi connectivity index (χ4n) is 3.03. The molecule has 3 rings (SSSR count). The van der Waals surface area contributed by atoms with E-state index in [-0.39, 0.29) is 11.9 Å². The molecule has 6 nitrogen and oxygen atoms in total. The Morgan fingerprint density at radius 3 is 2.54 bits per heavy atom. The van der Waals surface area contributed by atoms with Gasteiger partial charge in [0, 0.05) is 24.2 Å². The third-order valence-corrected chi connectivity index (χ3v) is 4.87. The van der Waals surface area contributed by atoms with Crippen molar-refractivity contribution < 1.29 is 14.3 Å². The van der Waals surface area contributed by atoms with Gasteiger partial charge in [0.1, 0.15) is 0 Å². The Morgan fingerprint density at radius 2 is 1.92 bits per heavy atom. The minimum absolute atomic E-state index is 0.0319. The van der Waals surface area contributed by atoms with Crippen LogP contribution in [-0.2, 0) is 16.0 Å². The monoisotopic (exact) mass is 355 g/mol. The smallest absolute Gasteiger partial charge is 0.305 e. The first-order valence-corrected chi connectivity index (χ1v) is 9.00. The maximum atomic E-state index is 12.2. The summed E-state index contributed by atoms with van der Waals surface area (Å²) in [6.07, 6.45) is 3.38. The van der Waals surface area contributed by atoms with Crippen molar-refractivity contribution >= 4 is 11.9 Å². The van der Waals surface area contributed by atoms with E-state index in [1.165, 1.54) is 20.0 Å². The zero-order valence-corrected chi connectivity index (χ0v) is 15.5. The highest BCUT2D eigenvalue weighted by molar-refractivity contribution is 5.94. The van der Waals surface area contributed by atoms with Crippen LogP contribution >= 0.6 is 0 Å². The summed E-state index contributed by atoms with van der Waals surface area (Å²) >= 11 is 0. The Balaban J connectivity index is 1.72. The average Bonchev–Trinajstić information content (AvgIpc) is 3.44. The molecule has 0 spiro atoms. The Morgan fingerprint density at radius 1 is 1.23 bits per heavy atom. The number of nitrogens with one attached hydrogen (secondary N) is 1. The lowest BCUT2D eigenvalue weighted by Crippen LogP contribution is -2.25. The van der Waals surface area contributed by atoms with Crippen molar-refractivity contribution in [2.45, 2.75) is 39.5 Å². The summed E-state index contributed by atoms with van der Waals surface area (Å²) in [5.74, 6) is 0.407. The number of aromatic nitrogens is 2. The minimum Gasteiger partial charge on any atom is -0.469 e. The first-order chi connectivity index (χ1) is 12.5. The van der Waals surface area contributed by atoms with E-state index in [1.807, 2.05) is 42.8 Å². The molecule has 1 aliphatic rings. The second-order valence-electron chi connectivity index (χ2n) is 6.84. The zero-order chi connectivity index (χ0) is 18.7. The highest BCUT2D eigenvalue weighted by atomic mass is 16.5. The fraction of sp³-hybridized carbons (Fsp3) is 0.450.